The van der Waals surface area contributed by atoms with Crippen molar-refractivity contribution in [3.05, 3.63) is 35.9 Å². The monoisotopic (exact) mass is 218 g/mol. The van der Waals surface area contributed by atoms with E-state index in [2.05, 4.69) is 54.0 Å². The average Bonchev–Trinajstić information content (AvgIpc) is 2.72. The smallest absolute Gasteiger partial charge is 0.0664 e. The Labute approximate surface area is 98.9 Å². The molecule has 2 nitrogen and oxygen atoms in total. The van der Waals surface area contributed by atoms with Crippen LogP contribution in [0, 0.1) is 0 Å². The molecule has 0 amide bonds. The van der Waals surface area contributed by atoms with Crippen LogP contribution >= 0.6 is 0 Å². The van der Waals surface area contributed by atoms with Crippen molar-refractivity contribution in [3.63, 3.8) is 0 Å². The molecule has 88 valence electrons. The van der Waals surface area contributed by atoms with Crippen LogP contribution in [-0.2, 0) is 6.42 Å². The van der Waals surface area contributed by atoms with E-state index in [0.717, 1.165) is 19.5 Å². The van der Waals surface area contributed by atoms with Crippen molar-refractivity contribution in [1.29, 1.82) is 0 Å². The van der Waals surface area contributed by atoms with Crippen molar-refractivity contribution >= 4 is 0 Å². The van der Waals surface area contributed by atoms with Crippen LogP contribution in [0.25, 0.3) is 0 Å². The Kier molecular flexibility index (Phi) is 3.97. The van der Waals surface area contributed by atoms with Gasteiger partial charge in [-0.1, -0.05) is 44.2 Å². The number of nitrogens with zero attached hydrogens (tertiary/aromatic N) is 2. The second-order valence-corrected chi connectivity index (χ2v) is 4.43. The van der Waals surface area contributed by atoms with Crippen LogP contribution in [0.2, 0.25) is 0 Å². The molecule has 0 bridgehead atoms. The predicted octanol–water partition coefficient (Wildman–Crippen LogP) is 2.21. The van der Waals surface area contributed by atoms with E-state index in [-0.39, 0.29) is 0 Å². The van der Waals surface area contributed by atoms with Crippen LogP contribution in [0.1, 0.15) is 19.4 Å². The van der Waals surface area contributed by atoms with Crippen molar-refractivity contribution in [3.8, 4) is 0 Å². The van der Waals surface area contributed by atoms with Crippen LogP contribution in [0.15, 0.2) is 30.3 Å². The normalized spacial score (nSPS) is 19.4. The summed E-state index contributed by atoms with van der Waals surface area (Å²) in [5.41, 5.74) is 1.45. The van der Waals surface area contributed by atoms with Gasteiger partial charge in [0.1, 0.15) is 0 Å². The Morgan fingerprint density at radius 2 is 1.56 bits per heavy atom. The maximum atomic E-state index is 2.58. The Hall–Kier alpha value is -0.860. The first-order valence-electron chi connectivity index (χ1n) is 6.37. The molecule has 0 spiro atoms. The molecule has 2 heteroatoms. The van der Waals surface area contributed by atoms with Gasteiger partial charge in [-0.2, -0.15) is 0 Å². The molecule has 0 aromatic heterocycles. The van der Waals surface area contributed by atoms with Crippen molar-refractivity contribution in [2.45, 2.75) is 26.4 Å². The summed E-state index contributed by atoms with van der Waals surface area (Å²) in [6.07, 6.45) is 1.76. The van der Waals surface area contributed by atoms with Crippen molar-refractivity contribution in [2.75, 3.05) is 26.2 Å². The summed E-state index contributed by atoms with van der Waals surface area (Å²) in [6, 6.07) is 10.8. The molecule has 2 rings (SSSR count). The molecule has 0 radical (unpaired) electrons. The molecule has 0 N–H and O–H groups in total. The van der Waals surface area contributed by atoms with E-state index in [1.165, 1.54) is 18.7 Å². The summed E-state index contributed by atoms with van der Waals surface area (Å²) in [5, 5.41) is 0. The van der Waals surface area contributed by atoms with Gasteiger partial charge in [0.2, 0.25) is 0 Å². The minimum Gasteiger partial charge on any atom is -0.287 e. The lowest BCUT2D eigenvalue weighted by atomic mass is 10.1. The Morgan fingerprint density at radius 1 is 1.00 bits per heavy atom. The lowest BCUT2D eigenvalue weighted by Gasteiger charge is -2.28. The lowest BCUT2D eigenvalue weighted by molar-refractivity contribution is 0.146. The highest BCUT2D eigenvalue weighted by Crippen LogP contribution is 2.18. The van der Waals surface area contributed by atoms with Gasteiger partial charge in [0.05, 0.1) is 6.17 Å². The molecule has 0 aliphatic carbocycles. The highest BCUT2D eigenvalue weighted by molar-refractivity contribution is 5.16. The Morgan fingerprint density at radius 3 is 2.06 bits per heavy atom. The molecule has 1 aromatic rings. The number of rotatable bonds is 4. The van der Waals surface area contributed by atoms with E-state index < -0.39 is 0 Å². The fourth-order valence-corrected chi connectivity index (χ4v) is 2.61. The van der Waals surface area contributed by atoms with Crippen LogP contribution in [-0.4, -0.2) is 42.1 Å². The summed E-state index contributed by atoms with van der Waals surface area (Å²) in [5.74, 6) is 0. The van der Waals surface area contributed by atoms with Gasteiger partial charge in [0.15, 0.2) is 0 Å². The minimum absolute atomic E-state index is 0.609. The molecule has 1 fully saturated rings. The number of hydrogen-bond acceptors (Lipinski definition) is 2. The fourth-order valence-electron chi connectivity index (χ4n) is 2.61. The van der Waals surface area contributed by atoms with Crippen LogP contribution < -0.4 is 0 Å². The first kappa shape index (κ1) is 11.6. The third-order valence-corrected chi connectivity index (χ3v) is 3.59. The molecule has 16 heavy (non-hydrogen) atoms. The van der Waals surface area contributed by atoms with Gasteiger partial charge in [-0.15, -0.1) is 0 Å². The zero-order chi connectivity index (χ0) is 11.4. The van der Waals surface area contributed by atoms with Gasteiger partial charge in [0, 0.05) is 19.5 Å². The number of likely N-dealkylation sites (N-methyl/N-ethyl adjacent to an activating group) is 2. The van der Waals surface area contributed by atoms with Gasteiger partial charge in [0.25, 0.3) is 0 Å². The van der Waals surface area contributed by atoms with E-state index >= 15 is 0 Å². The Bertz CT molecular complexity index is 298. The topological polar surface area (TPSA) is 6.48 Å². The first-order valence-corrected chi connectivity index (χ1v) is 6.37. The number of hydrogen-bond donors (Lipinski definition) is 0. The van der Waals surface area contributed by atoms with E-state index in [1.54, 1.807) is 0 Å². The van der Waals surface area contributed by atoms with E-state index in [9.17, 15) is 0 Å². The van der Waals surface area contributed by atoms with Gasteiger partial charge in [-0.3, -0.25) is 9.80 Å². The minimum atomic E-state index is 0.609. The molecule has 1 aliphatic rings. The van der Waals surface area contributed by atoms with Gasteiger partial charge in [-0.05, 0) is 18.7 Å². The molecule has 1 heterocycles. The highest BCUT2D eigenvalue weighted by atomic mass is 15.4. The molecule has 0 atom stereocenters. The van der Waals surface area contributed by atoms with Gasteiger partial charge >= 0.3 is 0 Å². The summed E-state index contributed by atoms with van der Waals surface area (Å²) >= 11 is 0. The molecule has 1 saturated heterocycles. The molecule has 0 unspecified atom stereocenters. The SMILES string of the molecule is CCN1CCN(CC)C1Cc1ccccc1. The second-order valence-electron chi connectivity index (χ2n) is 4.43. The van der Waals surface area contributed by atoms with Crippen LogP contribution in [0.3, 0.4) is 0 Å². The average molecular weight is 218 g/mol. The van der Waals surface area contributed by atoms with E-state index in [1.807, 2.05) is 0 Å². The second kappa shape index (κ2) is 5.46. The third-order valence-electron chi connectivity index (χ3n) is 3.59. The van der Waals surface area contributed by atoms with Crippen molar-refractivity contribution in [2.24, 2.45) is 0 Å². The molecule has 1 aliphatic heterocycles. The van der Waals surface area contributed by atoms with Gasteiger partial charge in [-0.25, -0.2) is 0 Å². The molecule has 1 aromatic carbocycles. The Balaban J connectivity index is 2.06. The quantitative estimate of drug-likeness (QED) is 0.764. The lowest BCUT2D eigenvalue weighted by Crippen LogP contribution is -2.40. The summed E-state index contributed by atoms with van der Waals surface area (Å²) in [6.45, 7) is 9.29. The predicted molar refractivity (Wildman–Crippen MR) is 68.4 cm³/mol. The van der Waals surface area contributed by atoms with Crippen molar-refractivity contribution in [1.82, 2.24) is 9.80 Å². The van der Waals surface area contributed by atoms with E-state index in [0.29, 0.717) is 6.17 Å². The summed E-state index contributed by atoms with van der Waals surface area (Å²) < 4.78 is 0. The van der Waals surface area contributed by atoms with Gasteiger partial charge < -0.3 is 0 Å². The largest absolute Gasteiger partial charge is 0.287 e. The zero-order valence-corrected chi connectivity index (χ0v) is 10.4. The maximum Gasteiger partial charge on any atom is 0.0664 e. The summed E-state index contributed by atoms with van der Waals surface area (Å²) in [4.78, 5) is 5.16. The number of benzene rings is 1. The van der Waals surface area contributed by atoms with Crippen LogP contribution in [0.5, 0.6) is 0 Å². The third kappa shape index (κ3) is 2.45. The molecular formula is C14H22N2. The van der Waals surface area contributed by atoms with E-state index in [4.69, 9.17) is 0 Å². The maximum absolute atomic E-state index is 2.58. The zero-order valence-electron chi connectivity index (χ0n) is 10.4. The molecular weight excluding hydrogens is 196 g/mol. The first-order chi connectivity index (χ1) is 7.85. The highest BCUT2D eigenvalue weighted by Gasteiger charge is 2.29. The van der Waals surface area contributed by atoms with Crippen molar-refractivity contribution < 1.29 is 0 Å². The standard InChI is InChI=1S/C14H22N2/c1-3-15-10-11-16(4-2)14(15)12-13-8-6-5-7-9-13/h5-9,14H,3-4,10-12H2,1-2H3. The molecule has 0 saturated carbocycles. The van der Waals surface area contributed by atoms with Crippen LogP contribution in [0.4, 0.5) is 0 Å². The fraction of sp³-hybridized carbons (Fsp3) is 0.571. The summed E-state index contributed by atoms with van der Waals surface area (Å²) in [7, 11) is 0.